The molecule has 1 aliphatic rings. The Balaban J connectivity index is 0.00000162. The Hall–Kier alpha value is -0.480. The highest BCUT2D eigenvalue weighted by Crippen LogP contribution is 2.23. The predicted octanol–water partition coefficient (Wildman–Crippen LogP) is 2.85. The number of carbonyl (C=O) groups excluding carboxylic acids is 1. The minimum atomic E-state index is -0.0552. The fraction of sp³-hybridized carbons (Fsp3) is 0.417. The van der Waals surface area contributed by atoms with E-state index in [1.165, 1.54) is 0 Å². The summed E-state index contributed by atoms with van der Waals surface area (Å²) >= 11 is 11.8. The molecule has 1 atom stereocenters. The zero-order valence-corrected chi connectivity index (χ0v) is 12.3. The minimum Gasteiger partial charge on any atom is -0.337 e. The quantitative estimate of drug-likeness (QED) is 0.911. The van der Waals surface area contributed by atoms with Crippen LogP contribution in [0.1, 0.15) is 16.8 Å². The van der Waals surface area contributed by atoms with E-state index in [2.05, 4.69) is 5.32 Å². The van der Waals surface area contributed by atoms with Gasteiger partial charge in [0, 0.05) is 24.7 Å². The van der Waals surface area contributed by atoms with E-state index in [4.69, 9.17) is 23.2 Å². The van der Waals surface area contributed by atoms with Crippen molar-refractivity contribution < 1.29 is 4.79 Å². The monoisotopic (exact) mass is 308 g/mol. The van der Waals surface area contributed by atoms with Crippen molar-refractivity contribution in [2.75, 3.05) is 20.1 Å². The third-order valence-corrected chi connectivity index (χ3v) is 3.61. The molecule has 1 aromatic rings. The summed E-state index contributed by atoms with van der Waals surface area (Å²) in [5.41, 5.74) is 0.505. The highest BCUT2D eigenvalue weighted by molar-refractivity contribution is 6.36. The number of benzene rings is 1. The lowest BCUT2D eigenvalue weighted by molar-refractivity contribution is 0.0744. The van der Waals surface area contributed by atoms with Gasteiger partial charge in [0.15, 0.2) is 0 Å². The normalized spacial score (nSPS) is 18.3. The molecule has 1 aliphatic heterocycles. The number of likely N-dealkylation sites (N-methyl/N-ethyl adjacent to an activating group) is 1. The molecule has 3 nitrogen and oxygen atoms in total. The van der Waals surface area contributed by atoms with E-state index in [1.54, 1.807) is 23.1 Å². The van der Waals surface area contributed by atoms with E-state index in [1.807, 2.05) is 7.05 Å². The Labute approximate surface area is 123 Å². The Morgan fingerprint density at radius 2 is 2.17 bits per heavy atom. The van der Waals surface area contributed by atoms with Gasteiger partial charge in [-0.15, -0.1) is 12.4 Å². The maximum Gasteiger partial charge on any atom is 0.255 e. The molecule has 0 aliphatic carbocycles. The first kappa shape index (κ1) is 15.6. The van der Waals surface area contributed by atoms with E-state index in [0.717, 1.165) is 19.5 Å². The average molecular weight is 310 g/mol. The summed E-state index contributed by atoms with van der Waals surface area (Å²) in [6, 6.07) is 5.19. The van der Waals surface area contributed by atoms with Crippen LogP contribution < -0.4 is 5.32 Å². The standard InChI is InChI=1S/C12H14Cl2N2O.ClH/c1-16(9-4-5-15-7-9)12(17)10-3-2-8(13)6-11(10)14;/h2-3,6,9,15H,4-5,7H2,1H3;1H. The number of halogens is 3. The molecule has 1 fully saturated rings. The maximum absolute atomic E-state index is 12.2. The molecule has 1 N–H and O–H groups in total. The van der Waals surface area contributed by atoms with Gasteiger partial charge in [-0.1, -0.05) is 23.2 Å². The summed E-state index contributed by atoms with van der Waals surface area (Å²) in [7, 11) is 1.81. The van der Waals surface area contributed by atoms with Gasteiger partial charge in [-0.2, -0.15) is 0 Å². The smallest absolute Gasteiger partial charge is 0.255 e. The van der Waals surface area contributed by atoms with Crippen LogP contribution in [0.3, 0.4) is 0 Å². The van der Waals surface area contributed by atoms with Crippen molar-refractivity contribution in [3.05, 3.63) is 33.8 Å². The van der Waals surface area contributed by atoms with Crippen molar-refractivity contribution in [1.82, 2.24) is 10.2 Å². The molecule has 0 bridgehead atoms. The largest absolute Gasteiger partial charge is 0.337 e. The number of rotatable bonds is 2. The van der Waals surface area contributed by atoms with E-state index in [9.17, 15) is 4.79 Å². The molecule has 2 rings (SSSR count). The van der Waals surface area contributed by atoms with Crippen molar-refractivity contribution in [2.45, 2.75) is 12.5 Å². The zero-order valence-electron chi connectivity index (χ0n) is 9.95. The molecule has 0 saturated carbocycles. The summed E-state index contributed by atoms with van der Waals surface area (Å²) in [4.78, 5) is 14.0. The highest BCUT2D eigenvalue weighted by Gasteiger charge is 2.25. The van der Waals surface area contributed by atoms with Gasteiger partial charge in [0.1, 0.15) is 0 Å². The van der Waals surface area contributed by atoms with Crippen LogP contribution in [0, 0.1) is 0 Å². The van der Waals surface area contributed by atoms with Crippen LogP contribution in [0.25, 0.3) is 0 Å². The van der Waals surface area contributed by atoms with Crippen LogP contribution in [0.4, 0.5) is 0 Å². The van der Waals surface area contributed by atoms with Crippen molar-refractivity contribution in [3.63, 3.8) is 0 Å². The van der Waals surface area contributed by atoms with Crippen molar-refractivity contribution in [2.24, 2.45) is 0 Å². The van der Waals surface area contributed by atoms with Crippen molar-refractivity contribution in [3.8, 4) is 0 Å². The number of carbonyl (C=O) groups is 1. The van der Waals surface area contributed by atoms with E-state index in [-0.39, 0.29) is 24.4 Å². The summed E-state index contributed by atoms with van der Waals surface area (Å²) in [6.07, 6.45) is 0.980. The molecule has 18 heavy (non-hydrogen) atoms. The topological polar surface area (TPSA) is 32.3 Å². The molecule has 6 heteroatoms. The minimum absolute atomic E-state index is 0. The summed E-state index contributed by atoms with van der Waals surface area (Å²) in [5, 5.41) is 4.18. The molecule has 1 aromatic carbocycles. The molecular formula is C12H15Cl3N2O. The lowest BCUT2D eigenvalue weighted by atomic mass is 10.1. The molecule has 0 aromatic heterocycles. The van der Waals surface area contributed by atoms with E-state index < -0.39 is 0 Å². The lowest BCUT2D eigenvalue weighted by Crippen LogP contribution is -2.38. The van der Waals surface area contributed by atoms with Gasteiger partial charge in [-0.3, -0.25) is 4.79 Å². The number of nitrogens with zero attached hydrogens (tertiary/aromatic N) is 1. The number of hydrogen-bond donors (Lipinski definition) is 1. The van der Waals surface area contributed by atoms with E-state index >= 15 is 0 Å². The summed E-state index contributed by atoms with van der Waals surface area (Å²) < 4.78 is 0. The van der Waals surface area contributed by atoms with Gasteiger partial charge < -0.3 is 10.2 Å². The fourth-order valence-corrected chi connectivity index (χ4v) is 2.48. The van der Waals surface area contributed by atoms with Gasteiger partial charge in [0.2, 0.25) is 0 Å². The van der Waals surface area contributed by atoms with Crippen molar-refractivity contribution >= 4 is 41.5 Å². The predicted molar refractivity (Wildman–Crippen MR) is 77.1 cm³/mol. The molecule has 0 spiro atoms. The Bertz CT molecular complexity index is 433. The van der Waals surface area contributed by atoms with Crippen LogP contribution in [0.15, 0.2) is 18.2 Å². The Morgan fingerprint density at radius 3 is 2.72 bits per heavy atom. The van der Waals surface area contributed by atoms with Crippen LogP contribution in [0.5, 0.6) is 0 Å². The van der Waals surface area contributed by atoms with Gasteiger partial charge in [-0.05, 0) is 31.2 Å². The average Bonchev–Trinajstić information content (AvgIpc) is 2.80. The SMILES string of the molecule is CN(C(=O)c1ccc(Cl)cc1Cl)C1CCNC1.Cl. The Morgan fingerprint density at radius 1 is 1.44 bits per heavy atom. The third-order valence-electron chi connectivity index (χ3n) is 3.06. The number of amides is 1. The molecule has 0 radical (unpaired) electrons. The van der Waals surface area contributed by atoms with Gasteiger partial charge in [0.25, 0.3) is 5.91 Å². The highest BCUT2D eigenvalue weighted by atomic mass is 35.5. The van der Waals surface area contributed by atoms with Crippen LogP contribution >= 0.6 is 35.6 Å². The van der Waals surface area contributed by atoms with Crippen LogP contribution in [-0.2, 0) is 0 Å². The first-order valence-electron chi connectivity index (χ1n) is 5.52. The molecule has 1 unspecified atom stereocenters. The molecule has 1 amide bonds. The van der Waals surface area contributed by atoms with Crippen molar-refractivity contribution in [1.29, 1.82) is 0 Å². The second-order valence-corrected chi connectivity index (χ2v) is 5.03. The van der Waals surface area contributed by atoms with E-state index in [0.29, 0.717) is 15.6 Å². The lowest BCUT2D eigenvalue weighted by Gasteiger charge is -2.24. The maximum atomic E-state index is 12.2. The fourth-order valence-electron chi connectivity index (χ4n) is 1.99. The van der Waals surface area contributed by atoms with Crippen LogP contribution in [0.2, 0.25) is 10.0 Å². The molecule has 1 heterocycles. The second kappa shape index (κ2) is 6.62. The number of hydrogen-bond acceptors (Lipinski definition) is 2. The van der Waals surface area contributed by atoms with Gasteiger partial charge in [-0.25, -0.2) is 0 Å². The summed E-state index contributed by atoms with van der Waals surface area (Å²) in [6.45, 7) is 1.80. The van der Waals surface area contributed by atoms with Gasteiger partial charge >= 0.3 is 0 Å². The second-order valence-electron chi connectivity index (χ2n) is 4.19. The number of nitrogens with one attached hydrogen (secondary N) is 1. The third kappa shape index (κ3) is 3.29. The first-order chi connectivity index (χ1) is 8.09. The van der Waals surface area contributed by atoms with Gasteiger partial charge in [0.05, 0.1) is 10.6 Å². The summed E-state index contributed by atoms with van der Waals surface area (Å²) in [5.74, 6) is -0.0552. The molecule has 1 saturated heterocycles. The molecular weight excluding hydrogens is 295 g/mol. The first-order valence-corrected chi connectivity index (χ1v) is 6.28. The Kier molecular flexibility index (Phi) is 5.73. The zero-order chi connectivity index (χ0) is 12.4. The van der Waals surface area contributed by atoms with Crippen LogP contribution in [-0.4, -0.2) is 37.0 Å². The molecule has 100 valence electrons.